The average molecular weight is 452 g/mol. The van der Waals surface area contributed by atoms with Gasteiger partial charge in [-0.1, -0.05) is 91.0 Å². The highest BCUT2D eigenvalue weighted by atomic mass is 32.2. The Morgan fingerprint density at radius 2 is 1.15 bits per heavy atom. The van der Waals surface area contributed by atoms with E-state index >= 15 is 0 Å². The van der Waals surface area contributed by atoms with Crippen molar-refractivity contribution in [1.82, 2.24) is 9.88 Å². The Balaban J connectivity index is 1.57. The number of nitrogens with zero attached hydrogens (tertiary/aromatic N) is 3. The van der Waals surface area contributed by atoms with E-state index in [0.29, 0.717) is 0 Å². The number of benzene rings is 3. The van der Waals surface area contributed by atoms with Crippen molar-refractivity contribution in [2.24, 2.45) is 0 Å². The lowest BCUT2D eigenvalue weighted by Gasteiger charge is -2.49. The first-order chi connectivity index (χ1) is 16.3. The van der Waals surface area contributed by atoms with Crippen molar-refractivity contribution in [3.63, 3.8) is 0 Å². The Morgan fingerprint density at radius 1 is 0.667 bits per heavy atom. The van der Waals surface area contributed by atoms with Gasteiger partial charge in [0, 0.05) is 38.1 Å². The van der Waals surface area contributed by atoms with Crippen LogP contribution in [0.2, 0.25) is 0 Å². The molecule has 3 nitrogen and oxygen atoms in total. The Bertz CT molecular complexity index is 1060. The van der Waals surface area contributed by atoms with Gasteiger partial charge in [-0.2, -0.15) is 0 Å². The van der Waals surface area contributed by atoms with Gasteiger partial charge in [0.2, 0.25) is 0 Å². The minimum atomic E-state index is -0.335. The van der Waals surface area contributed by atoms with Crippen LogP contribution in [-0.4, -0.2) is 42.3 Å². The summed E-state index contributed by atoms with van der Waals surface area (Å²) in [6.45, 7) is 3.89. The fraction of sp³-hybridized carbons (Fsp3) is 0.207. The van der Waals surface area contributed by atoms with E-state index in [1.807, 2.05) is 6.20 Å². The molecule has 0 atom stereocenters. The lowest BCUT2D eigenvalue weighted by Crippen LogP contribution is -2.56. The first-order valence-corrected chi connectivity index (χ1v) is 12.7. The van der Waals surface area contributed by atoms with Crippen LogP contribution in [0.15, 0.2) is 114 Å². The summed E-state index contributed by atoms with van der Waals surface area (Å²) in [4.78, 5) is 9.61. The molecule has 0 radical (unpaired) electrons. The van der Waals surface area contributed by atoms with Crippen molar-refractivity contribution in [3.05, 3.63) is 126 Å². The predicted molar refractivity (Wildman–Crippen MR) is 139 cm³/mol. The zero-order chi connectivity index (χ0) is 22.5. The van der Waals surface area contributed by atoms with Crippen LogP contribution in [0.3, 0.4) is 0 Å². The molecule has 0 amide bonds. The third kappa shape index (κ3) is 4.17. The molecule has 4 heteroatoms. The molecule has 166 valence electrons. The predicted octanol–water partition coefficient (Wildman–Crippen LogP) is 5.92. The summed E-state index contributed by atoms with van der Waals surface area (Å²) in [5, 5.41) is 1.07. The maximum atomic E-state index is 4.45. The molecule has 0 N–H and O–H groups in total. The minimum Gasteiger partial charge on any atom is -0.369 e. The minimum absolute atomic E-state index is 0.335. The second-order valence-electron chi connectivity index (χ2n) is 8.34. The molecule has 1 saturated heterocycles. The topological polar surface area (TPSA) is 19.4 Å². The molecule has 1 fully saturated rings. The molecule has 2 heterocycles. The van der Waals surface area contributed by atoms with Gasteiger partial charge in [-0.05, 0) is 35.1 Å². The fourth-order valence-electron chi connectivity index (χ4n) is 5.09. The normalized spacial score (nSPS) is 14.9. The van der Waals surface area contributed by atoms with Crippen LogP contribution >= 0.6 is 11.8 Å². The molecule has 0 unspecified atom stereocenters. The smallest absolute Gasteiger partial charge is 0.0977 e. The number of pyridine rings is 1. The summed E-state index contributed by atoms with van der Waals surface area (Å²) in [5.41, 5.74) is 4.86. The standard InChI is InChI=1S/C29H29N3S/c1-33-28-23-27(17-18-30-28)31-19-21-32(22-20-31)29(24-11-5-2-6-12-24,25-13-7-3-8-14-25)26-15-9-4-10-16-26/h2-18,23H,19-22H2,1H3. The van der Waals surface area contributed by atoms with Crippen molar-refractivity contribution >= 4 is 17.4 Å². The largest absolute Gasteiger partial charge is 0.369 e. The van der Waals surface area contributed by atoms with E-state index < -0.39 is 0 Å². The second kappa shape index (κ2) is 9.82. The highest BCUT2D eigenvalue weighted by molar-refractivity contribution is 7.98. The van der Waals surface area contributed by atoms with Crippen LogP contribution in [-0.2, 0) is 5.54 Å². The monoisotopic (exact) mass is 451 g/mol. The van der Waals surface area contributed by atoms with E-state index in [-0.39, 0.29) is 5.54 Å². The highest BCUT2D eigenvalue weighted by Crippen LogP contribution is 2.43. The van der Waals surface area contributed by atoms with Crippen LogP contribution in [0.1, 0.15) is 16.7 Å². The van der Waals surface area contributed by atoms with E-state index in [4.69, 9.17) is 0 Å². The van der Waals surface area contributed by atoms with Crippen molar-refractivity contribution in [1.29, 1.82) is 0 Å². The van der Waals surface area contributed by atoms with Gasteiger partial charge < -0.3 is 4.90 Å². The summed E-state index contributed by atoms with van der Waals surface area (Å²) >= 11 is 1.70. The summed E-state index contributed by atoms with van der Waals surface area (Å²) in [5.74, 6) is 0. The molecule has 4 aromatic rings. The van der Waals surface area contributed by atoms with Gasteiger partial charge in [0.1, 0.15) is 0 Å². The van der Waals surface area contributed by atoms with Crippen LogP contribution in [0, 0.1) is 0 Å². The van der Waals surface area contributed by atoms with Gasteiger partial charge in [0.15, 0.2) is 0 Å². The van der Waals surface area contributed by atoms with Gasteiger partial charge in [0.25, 0.3) is 0 Å². The average Bonchev–Trinajstić information content (AvgIpc) is 2.91. The first kappa shape index (κ1) is 21.7. The molecule has 0 saturated carbocycles. The number of piperazine rings is 1. The maximum Gasteiger partial charge on any atom is 0.0977 e. The molecule has 0 spiro atoms. The van der Waals surface area contributed by atoms with E-state index in [1.165, 1.54) is 22.4 Å². The van der Waals surface area contributed by atoms with Crippen molar-refractivity contribution in [2.45, 2.75) is 10.6 Å². The zero-order valence-electron chi connectivity index (χ0n) is 19.0. The summed E-state index contributed by atoms with van der Waals surface area (Å²) in [7, 11) is 0. The van der Waals surface area contributed by atoms with Crippen molar-refractivity contribution < 1.29 is 0 Å². The number of thioether (sulfide) groups is 1. The summed E-state index contributed by atoms with van der Waals surface area (Å²) in [6.07, 6.45) is 4.01. The Hall–Kier alpha value is -3.08. The van der Waals surface area contributed by atoms with Gasteiger partial charge in [-0.25, -0.2) is 4.98 Å². The number of hydrogen-bond acceptors (Lipinski definition) is 4. The number of hydrogen-bond donors (Lipinski definition) is 0. The summed E-state index contributed by atoms with van der Waals surface area (Å²) < 4.78 is 0. The van der Waals surface area contributed by atoms with E-state index in [2.05, 4.69) is 124 Å². The Morgan fingerprint density at radius 3 is 1.61 bits per heavy atom. The molecule has 1 aromatic heterocycles. The van der Waals surface area contributed by atoms with Gasteiger partial charge in [-0.3, -0.25) is 4.90 Å². The maximum absolute atomic E-state index is 4.45. The number of aromatic nitrogens is 1. The fourth-order valence-corrected chi connectivity index (χ4v) is 5.50. The van der Waals surface area contributed by atoms with Gasteiger partial charge in [0.05, 0.1) is 10.6 Å². The van der Waals surface area contributed by atoms with E-state index in [1.54, 1.807) is 11.8 Å². The molecule has 1 aliphatic heterocycles. The van der Waals surface area contributed by atoms with Gasteiger partial charge in [-0.15, -0.1) is 11.8 Å². The van der Waals surface area contributed by atoms with E-state index in [9.17, 15) is 0 Å². The Kier molecular flexibility index (Phi) is 6.47. The molecule has 0 bridgehead atoms. The third-order valence-electron chi connectivity index (χ3n) is 6.62. The van der Waals surface area contributed by atoms with Crippen LogP contribution in [0.25, 0.3) is 0 Å². The van der Waals surface area contributed by atoms with Crippen LogP contribution < -0.4 is 4.90 Å². The number of rotatable bonds is 6. The Labute approximate surface area is 201 Å². The van der Waals surface area contributed by atoms with Crippen LogP contribution in [0.4, 0.5) is 5.69 Å². The molecule has 5 rings (SSSR count). The van der Waals surface area contributed by atoms with E-state index in [0.717, 1.165) is 31.2 Å². The summed E-state index contributed by atoms with van der Waals surface area (Å²) in [6, 6.07) is 37.3. The zero-order valence-corrected chi connectivity index (χ0v) is 19.8. The quantitative estimate of drug-likeness (QED) is 0.268. The molecular weight excluding hydrogens is 422 g/mol. The second-order valence-corrected chi connectivity index (χ2v) is 9.17. The van der Waals surface area contributed by atoms with Gasteiger partial charge >= 0.3 is 0 Å². The highest BCUT2D eigenvalue weighted by Gasteiger charge is 2.43. The molecule has 33 heavy (non-hydrogen) atoms. The molecule has 1 aliphatic rings. The van der Waals surface area contributed by atoms with Crippen LogP contribution in [0.5, 0.6) is 0 Å². The molecular formula is C29H29N3S. The van der Waals surface area contributed by atoms with Crippen molar-refractivity contribution in [2.75, 3.05) is 37.3 Å². The number of anilines is 1. The first-order valence-electron chi connectivity index (χ1n) is 11.5. The van der Waals surface area contributed by atoms with Crippen molar-refractivity contribution in [3.8, 4) is 0 Å². The third-order valence-corrected chi connectivity index (χ3v) is 7.26. The molecule has 0 aliphatic carbocycles. The lowest BCUT2D eigenvalue weighted by atomic mass is 9.75. The molecule has 3 aromatic carbocycles. The SMILES string of the molecule is CSc1cc(N2CCN(C(c3ccccc3)(c3ccccc3)c3ccccc3)CC2)ccn1. The lowest BCUT2D eigenvalue weighted by molar-refractivity contribution is 0.147.